The highest BCUT2D eigenvalue weighted by Gasteiger charge is 2.44. The molecule has 2 unspecified atom stereocenters. The standard InChI is InChI=1S/C16H29NO5Si/c1-7-21-14(18)9-8-12-13(10-11-17(12)15(19)20)22-23(5,6)16(2,3)4/h8-9,12-13H,7,10-11H2,1-6H3,(H,19,20). The lowest BCUT2D eigenvalue weighted by atomic mass is 10.1. The van der Waals surface area contributed by atoms with Crippen molar-refractivity contribution in [2.45, 2.75) is 64.4 Å². The van der Waals surface area contributed by atoms with Gasteiger partial charge in [-0.3, -0.25) is 4.90 Å². The van der Waals surface area contributed by atoms with Gasteiger partial charge < -0.3 is 14.3 Å². The number of amides is 1. The third-order valence-electron chi connectivity index (χ3n) is 4.61. The van der Waals surface area contributed by atoms with Gasteiger partial charge in [0.25, 0.3) is 0 Å². The second-order valence-electron chi connectivity index (χ2n) is 7.28. The number of esters is 1. The van der Waals surface area contributed by atoms with Gasteiger partial charge in [0.2, 0.25) is 0 Å². The highest BCUT2D eigenvalue weighted by molar-refractivity contribution is 6.74. The Bertz CT molecular complexity index is 470. The Hall–Kier alpha value is -1.34. The normalized spacial score (nSPS) is 22.6. The van der Waals surface area contributed by atoms with Crippen LogP contribution >= 0.6 is 0 Å². The van der Waals surface area contributed by atoms with Crippen molar-refractivity contribution in [3.05, 3.63) is 12.2 Å². The topological polar surface area (TPSA) is 76.1 Å². The molecule has 0 aliphatic carbocycles. The first-order chi connectivity index (χ1) is 10.5. The molecule has 0 bridgehead atoms. The summed E-state index contributed by atoms with van der Waals surface area (Å²) in [6.07, 6.45) is 2.31. The fourth-order valence-corrected chi connectivity index (χ4v) is 3.66. The Balaban J connectivity index is 2.93. The van der Waals surface area contributed by atoms with E-state index in [0.717, 1.165) is 0 Å². The van der Waals surface area contributed by atoms with Crippen molar-refractivity contribution in [3.8, 4) is 0 Å². The molecule has 1 heterocycles. The highest BCUT2D eigenvalue weighted by Crippen LogP contribution is 2.39. The Labute approximate surface area is 139 Å². The van der Waals surface area contributed by atoms with E-state index in [0.29, 0.717) is 19.6 Å². The summed E-state index contributed by atoms with van der Waals surface area (Å²) in [4.78, 5) is 24.3. The molecule has 7 heteroatoms. The van der Waals surface area contributed by atoms with Crippen molar-refractivity contribution in [2.75, 3.05) is 13.2 Å². The molecule has 1 aliphatic heterocycles. The van der Waals surface area contributed by atoms with Crippen molar-refractivity contribution in [3.63, 3.8) is 0 Å². The smallest absolute Gasteiger partial charge is 0.407 e. The molecule has 132 valence electrons. The second-order valence-corrected chi connectivity index (χ2v) is 12.0. The number of carbonyl (C=O) groups excluding carboxylic acids is 1. The van der Waals surface area contributed by atoms with Crippen molar-refractivity contribution in [1.29, 1.82) is 0 Å². The number of nitrogens with zero attached hydrogens (tertiary/aromatic N) is 1. The number of carbonyl (C=O) groups is 2. The van der Waals surface area contributed by atoms with Crippen LogP contribution < -0.4 is 0 Å². The molecule has 6 nitrogen and oxygen atoms in total. The molecular weight excluding hydrogens is 314 g/mol. The van der Waals surface area contributed by atoms with Gasteiger partial charge in [-0.2, -0.15) is 0 Å². The van der Waals surface area contributed by atoms with E-state index < -0.39 is 26.4 Å². The molecule has 1 amide bonds. The van der Waals surface area contributed by atoms with Crippen LogP contribution in [-0.2, 0) is 14.0 Å². The van der Waals surface area contributed by atoms with E-state index in [1.807, 2.05) is 0 Å². The maximum atomic E-state index is 11.5. The summed E-state index contributed by atoms with van der Waals surface area (Å²) in [6.45, 7) is 13.2. The van der Waals surface area contributed by atoms with E-state index in [1.165, 1.54) is 11.0 Å². The third kappa shape index (κ3) is 5.07. The molecule has 2 atom stereocenters. The average Bonchev–Trinajstić information content (AvgIpc) is 2.77. The minimum Gasteiger partial charge on any atom is -0.465 e. The lowest BCUT2D eigenvalue weighted by Crippen LogP contribution is -2.47. The highest BCUT2D eigenvalue weighted by atomic mass is 28.4. The number of hydrogen-bond acceptors (Lipinski definition) is 4. The molecule has 23 heavy (non-hydrogen) atoms. The van der Waals surface area contributed by atoms with E-state index in [1.54, 1.807) is 13.0 Å². The zero-order valence-corrected chi connectivity index (χ0v) is 16.0. The molecule has 1 N–H and O–H groups in total. The Kier molecular flexibility index (Phi) is 6.41. The van der Waals surface area contributed by atoms with Crippen LogP contribution in [0.2, 0.25) is 18.1 Å². The van der Waals surface area contributed by atoms with E-state index in [2.05, 4.69) is 33.9 Å². The van der Waals surface area contributed by atoms with Crippen LogP contribution in [0.3, 0.4) is 0 Å². The fraction of sp³-hybridized carbons (Fsp3) is 0.750. The van der Waals surface area contributed by atoms with Gasteiger partial charge in [0, 0.05) is 12.6 Å². The van der Waals surface area contributed by atoms with Crippen molar-refractivity contribution < 1.29 is 23.9 Å². The first-order valence-corrected chi connectivity index (χ1v) is 10.9. The number of rotatable bonds is 5. The van der Waals surface area contributed by atoms with E-state index >= 15 is 0 Å². The summed E-state index contributed by atoms with van der Waals surface area (Å²) in [7, 11) is -2.02. The molecule has 0 aromatic heterocycles. The first kappa shape index (κ1) is 19.7. The number of ether oxygens (including phenoxy) is 1. The third-order valence-corrected chi connectivity index (χ3v) is 9.11. The van der Waals surface area contributed by atoms with Gasteiger partial charge in [0.15, 0.2) is 8.32 Å². The lowest BCUT2D eigenvalue weighted by Gasteiger charge is -2.39. The molecule has 0 saturated carbocycles. The van der Waals surface area contributed by atoms with Crippen molar-refractivity contribution in [2.24, 2.45) is 0 Å². The summed E-state index contributed by atoms with van der Waals surface area (Å²) in [5.74, 6) is -0.462. The Morgan fingerprint density at radius 2 is 1.96 bits per heavy atom. The zero-order chi connectivity index (χ0) is 17.8. The summed E-state index contributed by atoms with van der Waals surface area (Å²) >= 11 is 0. The van der Waals surface area contributed by atoms with Gasteiger partial charge in [-0.15, -0.1) is 0 Å². The molecule has 0 aromatic rings. The van der Waals surface area contributed by atoms with Gasteiger partial charge in [-0.25, -0.2) is 9.59 Å². The van der Waals surface area contributed by atoms with Crippen molar-refractivity contribution >= 4 is 20.4 Å². The van der Waals surface area contributed by atoms with Crippen LogP contribution in [0.5, 0.6) is 0 Å². The van der Waals surface area contributed by atoms with E-state index in [-0.39, 0.29) is 11.1 Å². The minimum atomic E-state index is -2.02. The largest absolute Gasteiger partial charge is 0.465 e. The van der Waals surface area contributed by atoms with Crippen molar-refractivity contribution in [1.82, 2.24) is 4.90 Å². The van der Waals surface area contributed by atoms with Crippen LogP contribution in [0.25, 0.3) is 0 Å². The monoisotopic (exact) mass is 343 g/mol. The van der Waals surface area contributed by atoms with Crippen LogP contribution in [0.1, 0.15) is 34.1 Å². The summed E-state index contributed by atoms with van der Waals surface area (Å²) in [5, 5.41) is 9.40. The van der Waals surface area contributed by atoms with Gasteiger partial charge in [0.05, 0.1) is 18.8 Å². The Morgan fingerprint density at radius 3 is 2.43 bits per heavy atom. The van der Waals surface area contributed by atoms with Crippen LogP contribution in [0.4, 0.5) is 4.79 Å². The molecule has 1 saturated heterocycles. The molecule has 1 rings (SSSR count). The van der Waals surface area contributed by atoms with Gasteiger partial charge in [-0.1, -0.05) is 26.8 Å². The molecule has 0 aromatic carbocycles. The predicted molar refractivity (Wildman–Crippen MR) is 91.0 cm³/mol. The zero-order valence-electron chi connectivity index (χ0n) is 15.0. The molecular formula is C16H29NO5Si. The van der Waals surface area contributed by atoms with Gasteiger partial charge in [0.1, 0.15) is 0 Å². The maximum Gasteiger partial charge on any atom is 0.407 e. The predicted octanol–water partition coefficient (Wildman–Crippen LogP) is 3.25. The maximum absolute atomic E-state index is 11.5. The number of likely N-dealkylation sites (tertiary alicyclic amines) is 1. The van der Waals surface area contributed by atoms with Gasteiger partial charge in [-0.05, 0) is 31.5 Å². The van der Waals surface area contributed by atoms with E-state index in [9.17, 15) is 14.7 Å². The average molecular weight is 343 g/mol. The fourth-order valence-electron chi connectivity index (χ4n) is 2.29. The molecule has 1 fully saturated rings. The second kappa shape index (κ2) is 7.48. The quantitative estimate of drug-likeness (QED) is 0.471. The summed E-state index contributed by atoms with van der Waals surface area (Å²) < 4.78 is 11.2. The number of carboxylic acid groups (broad SMARTS) is 1. The van der Waals surface area contributed by atoms with E-state index in [4.69, 9.17) is 9.16 Å². The first-order valence-electron chi connectivity index (χ1n) is 8.02. The molecule has 0 spiro atoms. The van der Waals surface area contributed by atoms with Crippen LogP contribution in [0.15, 0.2) is 12.2 Å². The summed E-state index contributed by atoms with van der Waals surface area (Å²) in [5.41, 5.74) is 0. The minimum absolute atomic E-state index is 0.0407. The molecule has 0 radical (unpaired) electrons. The lowest BCUT2D eigenvalue weighted by molar-refractivity contribution is -0.137. The van der Waals surface area contributed by atoms with Crippen LogP contribution in [-0.4, -0.2) is 55.7 Å². The Morgan fingerprint density at radius 1 is 1.35 bits per heavy atom. The summed E-state index contributed by atoms with van der Waals surface area (Å²) in [6, 6.07) is -0.453. The van der Waals surface area contributed by atoms with Gasteiger partial charge >= 0.3 is 12.1 Å². The molecule has 1 aliphatic rings. The SMILES string of the molecule is CCOC(=O)C=CC1C(O[Si](C)(C)C(C)(C)C)CCN1C(=O)O. The number of hydrogen-bond donors (Lipinski definition) is 1. The van der Waals surface area contributed by atoms with Crippen LogP contribution in [0, 0.1) is 0 Å².